The molecule has 7 nitrogen and oxygen atoms in total. The molecule has 0 saturated heterocycles. The number of alkyl carbamates (subject to hydrolysis) is 1. The van der Waals surface area contributed by atoms with Crippen LogP contribution in [0.25, 0.3) is 0 Å². The third-order valence-corrected chi connectivity index (χ3v) is 5.98. The van der Waals surface area contributed by atoms with Crippen LogP contribution < -0.4 is 10.6 Å². The molecule has 3 aromatic carbocycles. The first-order valence-corrected chi connectivity index (χ1v) is 12.3. The van der Waals surface area contributed by atoms with Crippen molar-refractivity contribution in [3.8, 4) is 0 Å². The summed E-state index contributed by atoms with van der Waals surface area (Å²) in [5.41, 5.74) is 3.52. The Balaban J connectivity index is 1.69. The molecule has 0 fully saturated rings. The van der Waals surface area contributed by atoms with Crippen LogP contribution in [0.3, 0.4) is 0 Å². The number of carboxylic acids is 1. The van der Waals surface area contributed by atoms with Crippen LogP contribution in [0.5, 0.6) is 0 Å². The van der Waals surface area contributed by atoms with Crippen molar-refractivity contribution in [1.82, 2.24) is 10.6 Å². The van der Waals surface area contributed by atoms with E-state index in [9.17, 15) is 19.5 Å². The van der Waals surface area contributed by atoms with E-state index in [1.54, 1.807) is 0 Å². The number of aliphatic carboxylic acids is 1. The summed E-state index contributed by atoms with van der Waals surface area (Å²) < 4.78 is 5.29. The van der Waals surface area contributed by atoms with E-state index >= 15 is 0 Å². The quantitative estimate of drug-likeness (QED) is 0.375. The molecule has 37 heavy (non-hydrogen) atoms. The summed E-state index contributed by atoms with van der Waals surface area (Å²) in [4.78, 5) is 37.7. The van der Waals surface area contributed by atoms with Gasteiger partial charge < -0.3 is 20.5 Å². The van der Waals surface area contributed by atoms with Gasteiger partial charge in [-0.2, -0.15) is 0 Å². The van der Waals surface area contributed by atoms with Gasteiger partial charge in [0.15, 0.2) is 0 Å². The second-order valence-corrected chi connectivity index (χ2v) is 10.00. The van der Waals surface area contributed by atoms with Crippen LogP contribution in [0.1, 0.15) is 43.0 Å². The molecule has 0 bridgehead atoms. The number of carboxylic acid groups (broad SMARTS) is 1. The fourth-order valence-electron chi connectivity index (χ4n) is 3.82. The molecule has 3 aromatic rings. The maximum atomic E-state index is 13.2. The Bertz CT molecular complexity index is 1170. The molecule has 3 N–H and O–H groups in total. The van der Waals surface area contributed by atoms with Crippen LogP contribution in [0, 0.1) is 0 Å². The lowest BCUT2D eigenvalue weighted by atomic mass is 9.86. The monoisotopic (exact) mass is 502 g/mol. The average molecular weight is 503 g/mol. The molecule has 0 saturated carbocycles. The highest BCUT2D eigenvalue weighted by atomic mass is 16.5. The lowest BCUT2D eigenvalue weighted by Crippen LogP contribution is -2.53. The minimum atomic E-state index is -1.16. The Kier molecular flexibility index (Phi) is 9.44. The number of hydrogen-bond acceptors (Lipinski definition) is 4. The Morgan fingerprint density at radius 1 is 0.730 bits per heavy atom. The molecular weight excluding hydrogens is 468 g/mol. The Morgan fingerprint density at radius 2 is 1.24 bits per heavy atom. The van der Waals surface area contributed by atoms with E-state index in [0.29, 0.717) is 0 Å². The summed E-state index contributed by atoms with van der Waals surface area (Å²) >= 11 is 0. The van der Waals surface area contributed by atoms with E-state index in [1.807, 2.05) is 84.9 Å². The molecule has 0 aliphatic heterocycles. The minimum absolute atomic E-state index is 0.0234. The second-order valence-electron chi connectivity index (χ2n) is 10.00. The Hall–Kier alpha value is -4.13. The first-order chi connectivity index (χ1) is 17.6. The summed E-state index contributed by atoms with van der Waals surface area (Å²) in [6, 6.07) is 23.9. The predicted molar refractivity (Wildman–Crippen MR) is 142 cm³/mol. The molecule has 0 aromatic heterocycles. The van der Waals surface area contributed by atoms with Crippen molar-refractivity contribution < 1.29 is 24.2 Å². The van der Waals surface area contributed by atoms with Crippen molar-refractivity contribution in [3.63, 3.8) is 0 Å². The van der Waals surface area contributed by atoms with E-state index in [2.05, 4.69) is 31.4 Å². The van der Waals surface area contributed by atoms with E-state index in [4.69, 9.17) is 4.74 Å². The summed E-state index contributed by atoms with van der Waals surface area (Å²) in [6.07, 6.45) is -0.466. The summed E-state index contributed by atoms with van der Waals surface area (Å²) in [6.45, 7) is 6.36. The Morgan fingerprint density at radius 3 is 1.78 bits per heavy atom. The largest absolute Gasteiger partial charge is 0.480 e. The molecule has 0 radical (unpaired) electrons. The zero-order chi connectivity index (χ0) is 26.8. The molecule has 0 aliphatic rings. The normalized spacial score (nSPS) is 12.7. The molecule has 7 heteroatoms. The lowest BCUT2D eigenvalue weighted by molar-refractivity contribution is -0.142. The molecule has 0 spiro atoms. The highest BCUT2D eigenvalue weighted by Gasteiger charge is 2.27. The summed E-state index contributed by atoms with van der Waals surface area (Å²) in [7, 11) is 0. The van der Waals surface area contributed by atoms with Gasteiger partial charge in [-0.25, -0.2) is 9.59 Å². The zero-order valence-corrected chi connectivity index (χ0v) is 21.4. The maximum Gasteiger partial charge on any atom is 0.408 e. The van der Waals surface area contributed by atoms with Gasteiger partial charge in [-0.3, -0.25) is 4.79 Å². The van der Waals surface area contributed by atoms with E-state index in [-0.39, 0.29) is 24.9 Å². The fourth-order valence-corrected chi connectivity index (χ4v) is 3.82. The summed E-state index contributed by atoms with van der Waals surface area (Å²) in [5.74, 6) is -1.75. The van der Waals surface area contributed by atoms with Gasteiger partial charge in [-0.05, 0) is 27.7 Å². The van der Waals surface area contributed by atoms with Crippen molar-refractivity contribution in [3.05, 3.63) is 107 Å². The van der Waals surface area contributed by atoms with Crippen molar-refractivity contribution in [2.24, 2.45) is 0 Å². The summed E-state index contributed by atoms with van der Waals surface area (Å²) in [5, 5.41) is 15.0. The Labute approximate surface area is 217 Å². The second kappa shape index (κ2) is 12.7. The van der Waals surface area contributed by atoms with Crippen molar-refractivity contribution in [1.29, 1.82) is 0 Å². The number of carbonyl (C=O) groups excluding carboxylic acids is 2. The van der Waals surface area contributed by atoms with Crippen molar-refractivity contribution in [2.45, 2.75) is 57.7 Å². The van der Waals surface area contributed by atoms with Gasteiger partial charge in [-0.1, -0.05) is 106 Å². The molecule has 2 atom stereocenters. The van der Waals surface area contributed by atoms with Crippen LogP contribution in [0.4, 0.5) is 4.79 Å². The third kappa shape index (κ3) is 8.79. The molecule has 194 valence electrons. The predicted octanol–water partition coefficient (Wildman–Crippen LogP) is 4.63. The SMILES string of the molecule is CC(C)(C)c1ccc(C[C@@H](NC(=O)[C@H](Cc2ccccc2)NC(=O)OCc2ccccc2)C(=O)O)cc1. The van der Waals surface area contributed by atoms with Crippen molar-refractivity contribution in [2.75, 3.05) is 0 Å². The number of benzene rings is 3. The number of amides is 2. The fraction of sp³-hybridized carbons (Fsp3) is 0.300. The molecular formula is C30H34N2O5. The highest BCUT2D eigenvalue weighted by Crippen LogP contribution is 2.22. The van der Waals surface area contributed by atoms with Gasteiger partial charge in [0.1, 0.15) is 18.7 Å². The van der Waals surface area contributed by atoms with Gasteiger partial charge in [-0.15, -0.1) is 0 Å². The molecule has 3 rings (SSSR count). The van der Waals surface area contributed by atoms with E-state index in [0.717, 1.165) is 22.3 Å². The van der Waals surface area contributed by atoms with Crippen LogP contribution in [0.2, 0.25) is 0 Å². The van der Waals surface area contributed by atoms with Gasteiger partial charge >= 0.3 is 12.1 Å². The number of hydrogen-bond donors (Lipinski definition) is 3. The van der Waals surface area contributed by atoms with Gasteiger partial charge in [0, 0.05) is 12.8 Å². The first-order valence-electron chi connectivity index (χ1n) is 12.3. The molecule has 0 heterocycles. The van der Waals surface area contributed by atoms with E-state index < -0.39 is 30.1 Å². The van der Waals surface area contributed by atoms with Crippen LogP contribution in [-0.2, 0) is 39.2 Å². The zero-order valence-electron chi connectivity index (χ0n) is 21.4. The van der Waals surface area contributed by atoms with E-state index in [1.165, 1.54) is 0 Å². The molecule has 2 amide bonds. The van der Waals surface area contributed by atoms with Crippen LogP contribution in [-0.4, -0.2) is 35.2 Å². The minimum Gasteiger partial charge on any atom is -0.480 e. The van der Waals surface area contributed by atoms with Gasteiger partial charge in [0.2, 0.25) is 5.91 Å². The average Bonchev–Trinajstić information content (AvgIpc) is 2.87. The molecule has 0 aliphatic carbocycles. The third-order valence-electron chi connectivity index (χ3n) is 5.98. The van der Waals surface area contributed by atoms with Gasteiger partial charge in [0.25, 0.3) is 0 Å². The molecule has 0 unspecified atom stereocenters. The highest BCUT2D eigenvalue weighted by molar-refractivity contribution is 5.89. The van der Waals surface area contributed by atoms with Crippen molar-refractivity contribution >= 4 is 18.0 Å². The van der Waals surface area contributed by atoms with Crippen LogP contribution >= 0.6 is 0 Å². The number of nitrogens with one attached hydrogen (secondary N) is 2. The lowest BCUT2D eigenvalue weighted by Gasteiger charge is -2.22. The number of carbonyl (C=O) groups is 3. The number of ether oxygens (including phenoxy) is 1. The van der Waals surface area contributed by atoms with Gasteiger partial charge in [0.05, 0.1) is 0 Å². The number of rotatable bonds is 10. The standard InChI is InChI=1S/C30H34N2O5/c1-30(2,3)24-16-14-22(15-17-24)19-26(28(34)35)31-27(33)25(18-21-10-6-4-7-11-21)32-29(36)37-20-23-12-8-5-9-13-23/h4-17,25-26H,18-20H2,1-3H3,(H,31,33)(H,32,36)(H,34,35)/t25-,26+/m0/s1. The smallest absolute Gasteiger partial charge is 0.408 e. The maximum absolute atomic E-state index is 13.2. The topological polar surface area (TPSA) is 105 Å². The van der Waals surface area contributed by atoms with Crippen LogP contribution in [0.15, 0.2) is 84.9 Å². The first kappa shape index (κ1) is 27.5.